The predicted molar refractivity (Wildman–Crippen MR) is 63.3 cm³/mol. The van der Waals surface area contributed by atoms with Gasteiger partial charge in [0.05, 0.1) is 5.75 Å². The normalized spacial score (nSPS) is 11.6. The number of rotatable bonds is 3. The molecule has 0 saturated carbocycles. The lowest BCUT2D eigenvalue weighted by Crippen LogP contribution is -2.11. The largest absolute Gasteiger partial charge is 0.308 e. The highest BCUT2D eigenvalue weighted by molar-refractivity contribution is 7.90. The summed E-state index contributed by atoms with van der Waals surface area (Å²) in [4.78, 5) is 0. The summed E-state index contributed by atoms with van der Waals surface area (Å²) in [6.07, 6.45) is 1.35. The van der Waals surface area contributed by atoms with Crippen molar-refractivity contribution in [2.75, 3.05) is 0 Å². The topological polar surface area (TPSA) is 64.8 Å². The van der Waals surface area contributed by atoms with Crippen molar-refractivity contribution >= 4 is 21.4 Å². The van der Waals surface area contributed by atoms with Gasteiger partial charge in [0, 0.05) is 12.1 Å². The third-order valence-corrected chi connectivity index (χ3v) is 4.24. The molecule has 0 saturated heterocycles. The van der Waals surface area contributed by atoms with Gasteiger partial charge < -0.3 is 4.57 Å². The smallest absolute Gasteiger partial charge is 0.249 e. The molecule has 0 fully saturated rings. The minimum absolute atomic E-state index is 0.0579. The molecule has 0 aliphatic rings. The minimum Gasteiger partial charge on any atom is -0.308 e. The van der Waals surface area contributed by atoms with E-state index in [9.17, 15) is 8.42 Å². The molecule has 0 N–H and O–H groups in total. The summed E-state index contributed by atoms with van der Waals surface area (Å²) in [6, 6.07) is 6.83. The SMILES string of the molecule is Cn1cnnc1S(=O)(=O)Cc1ccccc1Cl. The quantitative estimate of drug-likeness (QED) is 0.847. The van der Waals surface area contributed by atoms with Gasteiger partial charge in [-0.15, -0.1) is 10.2 Å². The minimum atomic E-state index is -3.52. The molecule has 1 aromatic carbocycles. The molecular weight excluding hydrogens is 262 g/mol. The van der Waals surface area contributed by atoms with Crippen LogP contribution in [0.1, 0.15) is 5.56 Å². The van der Waals surface area contributed by atoms with Crippen LogP contribution in [-0.4, -0.2) is 23.2 Å². The molecule has 0 unspecified atom stereocenters. The van der Waals surface area contributed by atoms with Crippen molar-refractivity contribution < 1.29 is 8.42 Å². The summed E-state index contributed by atoms with van der Waals surface area (Å²) in [5.74, 6) is -0.181. The number of hydrogen-bond acceptors (Lipinski definition) is 4. The maximum atomic E-state index is 12.1. The second kappa shape index (κ2) is 4.46. The first-order valence-electron chi connectivity index (χ1n) is 4.81. The second-order valence-corrected chi connectivity index (χ2v) is 5.87. The van der Waals surface area contributed by atoms with Gasteiger partial charge in [-0.1, -0.05) is 29.8 Å². The van der Waals surface area contributed by atoms with Gasteiger partial charge in [0.1, 0.15) is 6.33 Å². The van der Waals surface area contributed by atoms with Gasteiger partial charge in [-0.3, -0.25) is 0 Å². The van der Waals surface area contributed by atoms with Gasteiger partial charge in [-0.2, -0.15) is 0 Å². The molecule has 5 nitrogen and oxygen atoms in total. The highest BCUT2D eigenvalue weighted by Crippen LogP contribution is 2.20. The first kappa shape index (κ1) is 12.1. The number of benzene rings is 1. The van der Waals surface area contributed by atoms with Gasteiger partial charge in [-0.25, -0.2) is 8.42 Å². The predicted octanol–water partition coefficient (Wildman–Crippen LogP) is 1.44. The summed E-state index contributed by atoms with van der Waals surface area (Å²) >= 11 is 5.92. The fourth-order valence-corrected chi connectivity index (χ4v) is 3.17. The monoisotopic (exact) mass is 271 g/mol. The van der Waals surface area contributed by atoms with Crippen molar-refractivity contribution in [1.29, 1.82) is 0 Å². The first-order chi connectivity index (χ1) is 8.00. The van der Waals surface area contributed by atoms with Gasteiger partial charge in [0.15, 0.2) is 0 Å². The fraction of sp³-hybridized carbons (Fsp3) is 0.200. The van der Waals surface area contributed by atoms with E-state index in [1.807, 2.05) is 0 Å². The van der Waals surface area contributed by atoms with Crippen molar-refractivity contribution in [2.24, 2.45) is 7.05 Å². The number of sulfone groups is 1. The van der Waals surface area contributed by atoms with Crippen molar-refractivity contribution in [3.8, 4) is 0 Å². The van der Waals surface area contributed by atoms with E-state index in [0.29, 0.717) is 10.6 Å². The van der Waals surface area contributed by atoms with E-state index in [4.69, 9.17) is 11.6 Å². The zero-order chi connectivity index (χ0) is 12.5. The van der Waals surface area contributed by atoms with E-state index >= 15 is 0 Å². The lowest BCUT2D eigenvalue weighted by atomic mass is 10.2. The highest BCUT2D eigenvalue weighted by atomic mass is 35.5. The summed E-state index contributed by atoms with van der Waals surface area (Å²) in [6.45, 7) is 0. The Labute approximate surface area is 104 Å². The summed E-state index contributed by atoms with van der Waals surface area (Å²) < 4.78 is 25.5. The summed E-state index contributed by atoms with van der Waals surface area (Å²) in [7, 11) is -1.94. The summed E-state index contributed by atoms with van der Waals surface area (Å²) in [5, 5.41) is 7.52. The third kappa shape index (κ3) is 2.48. The molecule has 17 heavy (non-hydrogen) atoms. The van der Waals surface area contributed by atoms with Gasteiger partial charge in [0.25, 0.3) is 0 Å². The maximum Gasteiger partial charge on any atom is 0.249 e. The third-order valence-electron chi connectivity index (χ3n) is 2.25. The van der Waals surface area contributed by atoms with E-state index in [2.05, 4.69) is 10.2 Å². The lowest BCUT2D eigenvalue weighted by Gasteiger charge is -2.05. The molecule has 1 heterocycles. The Bertz CT molecular complexity index is 637. The van der Waals surface area contributed by atoms with Crippen LogP contribution in [0.2, 0.25) is 5.02 Å². The van der Waals surface area contributed by atoms with Crippen LogP contribution >= 0.6 is 11.6 Å². The number of aromatic nitrogens is 3. The molecule has 1 aromatic heterocycles. The van der Waals surface area contributed by atoms with E-state index in [0.717, 1.165) is 0 Å². The Morgan fingerprint density at radius 3 is 2.65 bits per heavy atom. The Hall–Kier alpha value is -1.40. The number of hydrogen-bond donors (Lipinski definition) is 0. The Morgan fingerprint density at radius 2 is 2.06 bits per heavy atom. The van der Waals surface area contributed by atoms with Crippen LogP contribution in [0.3, 0.4) is 0 Å². The van der Waals surface area contributed by atoms with Gasteiger partial charge in [0.2, 0.25) is 15.0 Å². The molecule has 0 amide bonds. The van der Waals surface area contributed by atoms with Crippen molar-refractivity contribution in [2.45, 2.75) is 10.9 Å². The standard InChI is InChI=1S/C10H10ClN3O2S/c1-14-7-12-13-10(14)17(15,16)6-8-4-2-3-5-9(8)11/h2-5,7H,6H2,1H3. The zero-order valence-electron chi connectivity index (χ0n) is 9.04. The Kier molecular flexibility index (Phi) is 3.17. The molecule has 2 rings (SSSR count). The molecule has 7 heteroatoms. The van der Waals surface area contributed by atoms with Crippen LogP contribution < -0.4 is 0 Å². The van der Waals surface area contributed by atoms with E-state index in [1.165, 1.54) is 10.9 Å². The van der Waals surface area contributed by atoms with Crippen LogP contribution in [0.25, 0.3) is 0 Å². The number of aryl methyl sites for hydroxylation is 1. The van der Waals surface area contributed by atoms with Crippen LogP contribution in [0, 0.1) is 0 Å². The van der Waals surface area contributed by atoms with E-state index < -0.39 is 9.84 Å². The lowest BCUT2D eigenvalue weighted by molar-refractivity contribution is 0.577. The molecule has 2 aromatic rings. The Morgan fingerprint density at radius 1 is 1.35 bits per heavy atom. The van der Waals surface area contributed by atoms with E-state index in [-0.39, 0.29) is 10.9 Å². The fourth-order valence-electron chi connectivity index (χ4n) is 1.44. The molecule has 0 radical (unpaired) electrons. The zero-order valence-corrected chi connectivity index (χ0v) is 10.6. The van der Waals surface area contributed by atoms with Gasteiger partial charge >= 0.3 is 0 Å². The molecule has 0 spiro atoms. The van der Waals surface area contributed by atoms with Crippen LogP contribution in [0.5, 0.6) is 0 Å². The average molecular weight is 272 g/mol. The van der Waals surface area contributed by atoms with Crippen LogP contribution in [-0.2, 0) is 22.6 Å². The maximum absolute atomic E-state index is 12.1. The number of halogens is 1. The number of nitrogens with zero attached hydrogens (tertiary/aromatic N) is 3. The molecule has 0 aliphatic carbocycles. The van der Waals surface area contributed by atoms with Crippen LogP contribution in [0.4, 0.5) is 0 Å². The van der Waals surface area contributed by atoms with Crippen molar-refractivity contribution in [3.05, 3.63) is 41.2 Å². The molecule has 0 aliphatic heterocycles. The van der Waals surface area contributed by atoms with E-state index in [1.54, 1.807) is 31.3 Å². The summed E-state index contributed by atoms with van der Waals surface area (Å²) in [5.41, 5.74) is 0.553. The van der Waals surface area contributed by atoms with Crippen LogP contribution in [0.15, 0.2) is 35.7 Å². The van der Waals surface area contributed by atoms with Crippen molar-refractivity contribution in [3.63, 3.8) is 0 Å². The average Bonchev–Trinajstić information content (AvgIpc) is 2.68. The molecular formula is C10H10ClN3O2S. The first-order valence-corrected chi connectivity index (χ1v) is 6.84. The van der Waals surface area contributed by atoms with Gasteiger partial charge in [-0.05, 0) is 11.6 Å². The van der Waals surface area contributed by atoms with Crippen molar-refractivity contribution in [1.82, 2.24) is 14.8 Å². The Balaban J connectivity index is 2.37. The molecule has 90 valence electrons. The highest BCUT2D eigenvalue weighted by Gasteiger charge is 2.21. The second-order valence-electron chi connectivity index (χ2n) is 3.57. The molecule has 0 bridgehead atoms. The molecule has 0 atom stereocenters.